The Morgan fingerprint density at radius 3 is 2.60 bits per heavy atom. The van der Waals surface area contributed by atoms with Crippen LogP contribution in [0, 0.1) is 0 Å². The molecule has 8 heteroatoms. The van der Waals surface area contributed by atoms with Crippen molar-refractivity contribution >= 4 is 17.5 Å². The van der Waals surface area contributed by atoms with Crippen LogP contribution in [-0.4, -0.2) is 68.8 Å². The van der Waals surface area contributed by atoms with E-state index in [9.17, 15) is 14.7 Å². The molecule has 2 aromatic rings. The summed E-state index contributed by atoms with van der Waals surface area (Å²) in [6.45, 7) is 1.75. The number of carbonyl (C=O) groups excluding carboxylic acids is 2. The summed E-state index contributed by atoms with van der Waals surface area (Å²) in [6, 6.07) is 7.18. The molecule has 0 saturated carbocycles. The molecule has 2 N–H and O–H groups in total. The lowest BCUT2D eigenvalue weighted by Gasteiger charge is -2.40. The van der Waals surface area contributed by atoms with Gasteiger partial charge in [-0.2, -0.15) is 5.10 Å². The number of fused-ring (bicyclic) bond motifs is 2. The summed E-state index contributed by atoms with van der Waals surface area (Å²) >= 11 is 0. The predicted octanol–water partition coefficient (Wildman–Crippen LogP) is 1.04. The van der Waals surface area contributed by atoms with E-state index in [1.165, 1.54) is 0 Å². The summed E-state index contributed by atoms with van der Waals surface area (Å²) in [7, 11) is 3.82. The van der Waals surface area contributed by atoms with Gasteiger partial charge in [-0.05, 0) is 37.9 Å². The van der Waals surface area contributed by atoms with Crippen LogP contribution >= 0.6 is 0 Å². The molecule has 1 spiro atoms. The van der Waals surface area contributed by atoms with Gasteiger partial charge in [-0.25, -0.2) is 0 Å². The SMILES string of the molecule is CN1CCC(O)(C(=O)N2CCC3(C(=O)Nc4ccccc43)C2c2cnn(C)c2)CC1. The highest BCUT2D eigenvalue weighted by Gasteiger charge is 2.61. The molecule has 0 bridgehead atoms. The summed E-state index contributed by atoms with van der Waals surface area (Å²) in [5.41, 5.74) is 0.245. The van der Waals surface area contributed by atoms with E-state index in [4.69, 9.17) is 0 Å². The van der Waals surface area contributed by atoms with Crippen molar-refractivity contribution in [2.24, 2.45) is 7.05 Å². The molecule has 4 heterocycles. The van der Waals surface area contributed by atoms with Crippen LogP contribution in [0.25, 0.3) is 0 Å². The quantitative estimate of drug-likeness (QED) is 0.774. The molecule has 0 aliphatic carbocycles. The fourth-order valence-corrected chi connectivity index (χ4v) is 5.42. The van der Waals surface area contributed by atoms with Gasteiger partial charge in [0.15, 0.2) is 0 Å². The molecule has 3 aliphatic heterocycles. The van der Waals surface area contributed by atoms with Crippen LogP contribution in [0.5, 0.6) is 0 Å². The fourth-order valence-electron chi connectivity index (χ4n) is 5.42. The lowest BCUT2D eigenvalue weighted by atomic mass is 9.73. The monoisotopic (exact) mass is 409 g/mol. The highest BCUT2D eigenvalue weighted by molar-refractivity contribution is 6.08. The number of nitrogens with one attached hydrogen (secondary N) is 1. The fraction of sp³-hybridized carbons (Fsp3) is 0.500. The molecule has 8 nitrogen and oxygen atoms in total. The van der Waals surface area contributed by atoms with E-state index in [0.717, 1.165) is 16.8 Å². The third-order valence-corrected chi connectivity index (χ3v) is 7.10. The van der Waals surface area contributed by atoms with Crippen molar-refractivity contribution in [1.29, 1.82) is 0 Å². The second kappa shape index (κ2) is 6.65. The van der Waals surface area contributed by atoms with Crippen molar-refractivity contribution in [2.45, 2.75) is 36.3 Å². The van der Waals surface area contributed by atoms with Gasteiger partial charge in [0.05, 0.1) is 12.2 Å². The Labute approximate surface area is 175 Å². The molecule has 5 rings (SSSR count). The molecule has 2 saturated heterocycles. The van der Waals surface area contributed by atoms with Crippen LogP contribution in [-0.2, 0) is 22.1 Å². The van der Waals surface area contributed by atoms with E-state index in [1.807, 2.05) is 44.6 Å². The first-order valence-electron chi connectivity index (χ1n) is 10.5. The normalized spacial score (nSPS) is 28.0. The Balaban J connectivity index is 1.60. The molecule has 0 radical (unpaired) electrons. The third kappa shape index (κ3) is 2.63. The maximum atomic E-state index is 13.7. The topological polar surface area (TPSA) is 90.7 Å². The number of benzene rings is 1. The minimum Gasteiger partial charge on any atom is -0.380 e. The van der Waals surface area contributed by atoms with Crippen LogP contribution < -0.4 is 5.32 Å². The van der Waals surface area contributed by atoms with Crippen molar-refractivity contribution < 1.29 is 14.7 Å². The van der Waals surface area contributed by atoms with Crippen molar-refractivity contribution in [1.82, 2.24) is 19.6 Å². The summed E-state index contributed by atoms with van der Waals surface area (Å²) < 4.78 is 1.69. The van der Waals surface area contributed by atoms with Crippen LogP contribution in [0.15, 0.2) is 36.7 Å². The summed E-state index contributed by atoms with van der Waals surface area (Å²) in [5, 5.41) is 18.6. The largest absolute Gasteiger partial charge is 0.380 e. The van der Waals surface area contributed by atoms with Crippen LogP contribution in [0.2, 0.25) is 0 Å². The summed E-state index contributed by atoms with van der Waals surface area (Å²) in [5.74, 6) is -0.373. The average molecular weight is 409 g/mol. The number of rotatable bonds is 2. The zero-order valence-corrected chi connectivity index (χ0v) is 17.3. The average Bonchev–Trinajstić information content (AvgIpc) is 3.41. The zero-order valence-electron chi connectivity index (χ0n) is 17.3. The predicted molar refractivity (Wildman–Crippen MR) is 111 cm³/mol. The van der Waals surface area contributed by atoms with Crippen molar-refractivity contribution in [3.63, 3.8) is 0 Å². The highest BCUT2D eigenvalue weighted by Crippen LogP contribution is 2.55. The van der Waals surface area contributed by atoms with Crippen LogP contribution in [0.1, 0.15) is 36.4 Å². The second-order valence-corrected chi connectivity index (χ2v) is 8.90. The molecular weight excluding hydrogens is 382 g/mol. The van der Waals surface area contributed by atoms with E-state index < -0.39 is 17.1 Å². The number of hydrogen-bond donors (Lipinski definition) is 2. The van der Waals surface area contributed by atoms with E-state index >= 15 is 0 Å². The number of carbonyl (C=O) groups is 2. The maximum absolute atomic E-state index is 13.7. The second-order valence-electron chi connectivity index (χ2n) is 8.90. The molecule has 158 valence electrons. The van der Waals surface area contributed by atoms with Crippen molar-refractivity contribution in [3.8, 4) is 0 Å². The number of likely N-dealkylation sites (tertiary alicyclic amines) is 2. The molecule has 1 aromatic heterocycles. The standard InChI is InChI=1S/C22H27N5O3/c1-25-10-7-21(30,8-11-25)20(29)27-12-9-22(18(27)15-13-23-26(2)14-15)16-5-3-4-6-17(16)24-19(22)28/h3-6,13-14,18,30H,7-12H2,1-2H3,(H,24,28). The van der Waals surface area contributed by atoms with Crippen molar-refractivity contribution in [2.75, 3.05) is 32.0 Å². The molecule has 2 fully saturated rings. The maximum Gasteiger partial charge on any atom is 0.255 e. The number of amides is 2. The van der Waals surface area contributed by atoms with Crippen LogP contribution in [0.3, 0.4) is 0 Å². The summed E-state index contributed by atoms with van der Waals surface area (Å²) in [6.07, 6.45) is 4.90. The van der Waals surface area contributed by atoms with Gasteiger partial charge in [0, 0.05) is 44.1 Å². The first kappa shape index (κ1) is 19.3. The number of aromatic nitrogens is 2. The highest BCUT2D eigenvalue weighted by atomic mass is 16.3. The Morgan fingerprint density at radius 1 is 1.17 bits per heavy atom. The van der Waals surface area contributed by atoms with E-state index in [0.29, 0.717) is 38.9 Å². The zero-order chi connectivity index (χ0) is 21.1. The van der Waals surface area contributed by atoms with Gasteiger partial charge in [-0.15, -0.1) is 0 Å². The van der Waals surface area contributed by atoms with Gasteiger partial charge in [-0.1, -0.05) is 18.2 Å². The van der Waals surface area contributed by atoms with Gasteiger partial charge >= 0.3 is 0 Å². The Hall–Kier alpha value is -2.71. The number of nitrogens with zero attached hydrogens (tertiary/aromatic N) is 4. The smallest absolute Gasteiger partial charge is 0.255 e. The van der Waals surface area contributed by atoms with Gasteiger partial charge in [0.1, 0.15) is 11.0 Å². The lowest BCUT2D eigenvalue weighted by Crippen LogP contribution is -2.55. The van der Waals surface area contributed by atoms with Gasteiger partial charge in [0.25, 0.3) is 5.91 Å². The summed E-state index contributed by atoms with van der Waals surface area (Å²) in [4.78, 5) is 30.9. The molecule has 1 aromatic carbocycles. The van der Waals surface area contributed by atoms with Crippen LogP contribution in [0.4, 0.5) is 5.69 Å². The first-order chi connectivity index (χ1) is 14.3. The van der Waals surface area contributed by atoms with Gasteiger partial charge in [0.2, 0.25) is 5.91 Å². The number of aryl methyl sites for hydroxylation is 1. The van der Waals surface area contributed by atoms with E-state index in [-0.39, 0.29) is 11.8 Å². The van der Waals surface area contributed by atoms with Gasteiger partial charge in [-0.3, -0.25) is 14.3 Å². The molecule has 3 aliphatic rings. The number of aliphatic hydroxyl groups is 1. The number of para-hydroxylation sites is 1. The van der Waals surface area contributed by atoms with E-state index in [1.54, 1.807) is 15.8 Å². The third-order valence-electron chi connectivity index (χ3n) is 7.10. The Kier molecular flexibility index (Phi) is 4.27. The molecule has 2 unspecified atom stereocenters. The minimum atomic E-state index is -1.40. The number of hydrogen-bond acceptors (Lipinski definition) is 5. The molecule has 30 heavy (non-hydrogen) atoms. The Bertz CT molecular complexity index is 1010. The first-order valence-corrected chi connectivity index (χ1v) is 10.5. The number of piperidine rings is 1. The lowest BCUT2D eigenvalue weighted by molar-refractivity contribution is -0.157. The number of anilines is 1. The molecule has 2 atom stereocenters. The molecule has 2 amide bonds. The Morgan fingerprint density at radius 2 is 1.90 bits per heavy atom. The minimum absolute atomic E-state index is 0.0942. The van der Waals surface area contributed by atoms with Crippen molar-refractivity contribution in [3.05, 3.63) is 47.8 Å². The molecular formula is C22H27N5O3. The van der Waals surface area contributed by atoms with E-state index in [2.05, 4.69) is 15.3 Å². The van der Waals surface area contributed by atoms with Gasteiger partial charge < -0.3 is 20.2 Å².